The normalized spacial score (nSPS) is 17.3. The molecule has 2 heterocycles. The molecule has 0 spiro atoms. The van der Waals surface area contributed by atoms with Gasteiger partial charge >= 0.3 is 0 Å². The van der Waals surface area contributed by atoms with E-state index in [0.717, 1.165) is 0 Å². The van der Waals surface area contributed by atoms with Gasteiger partial charge < -0.3 is 0 Å². The molecular weight excluding hydrogens is 170 g/mol. The maximum absolute atomic E-state index is 4.22. The molecule has 0 aromatic carbocycles. The van der Waals surface area contributed by atoms with E-state index in [-0.39, 0.29) is 0 Å². The molecule has 1 aromatic rings. The first kappa shape index (κ1) is 6.07. The Labute approximate surface area is 66.3 Å². The highest BCUT2D eigenvalue weighted by molar-refractivity contribution is 8.06. The van der Waals surface area contributed by atoms with Crippen molar-refractivity contribution in [3.63, 3.8) is 0 Å². The monoisotopic (exact) mass is 175 g/mol. The van der Waals surface area contributed by atoms with Crippen LogP contribution in [0.25, 0.3) is 0 Å². The van der Waals surface area contributed by atoms with Gasteiger partial charge in [0.2, 0.25) is 0 Å². The zero-order valence-corrected chi connectivity index (χ0v) is 7.11. The lowest BCUT2D eigenvalue weighted by Gasteiger charge is -2.05. The SMILES string of the molecule is c1nc2c(s1)SCCS2. The van der Waals surface area contributed by atoms with Gasteiger partial charge in [0.1, 0.15) is 5.03 Å². The minimum Gasteiger partial charge on any atom is -0.237 e. The lowest BCUT2D eigenvalue weighted by Crippen LogP contribution is -1.90. The summed E-state index contributed by atoms with van der Waals surface area (Å²) in [5, 5.41) is 1.25. The van der Waals surface area contributed by atoms with Gasteiger partial charge in [0.25, 0.3) is 0 Å². The smallest absolute Gasteiger partial charge is 0.121 e. The van der Waals surface area contributed by atoms with Crippen LogP contribution in [0.4, 0.5) is 0 Å². The molecule has 0 radical (unpaired) electrons. The van der Waals surface area contributed by atoms with Gasteiger partial charge in [-0.3, -0.25) is 0 Å². The zero-order valence-electron chi connectivity index (χ0n) is 4.66. The number of fused-ring (bicyclic) bond motifs is 1. The van der Waals surface area contributed by atoms with E-state index in [4.69, 9.17) is 0 Å². The average Bonchev–Trinajstić information content (AvgIpc) is 2.33. The van der Waals surface area contributed by atoms with Crippen LogP contribution in [0.5, 0.6) is 0 Å². The van der Waals surface area contributed by atoms with Crippen molar-refractivity contribution in [3.05, 3.63) is 5.51 Å². The predicted octanol–water partition coefficient (Wildman–Crippen LogP) is 2.34. The van der Waals surface area contributed by atoms with Gasteiger partial charge in [0.05, 0.1) is 9.72 Å². The highest BCUT2D eigenvalue weighted by Gasteiger charge is 2.11. The van der Waals surface area contributed by atoms with Crippen molar-refractivity contribution in [1.29, 1.82) is 0 Å². The fraction of sp³-hybridized carbons (Fsp3) is 0.400. The van der Waals surface area contributed by atoms with E-state index >= 15 is 0 Å². The number of nitrogens with zero attached hydrogens (tertiary/aromatic N) is 1. The fourth-order valence-corrected chi connectivity index (χ4v) is 3.96. The Kier molecular flexibility index (Phi) is 1.70. The lowest BCUT2D eigenvalue weighted by molar-refractivity contribution is 1.12. The van der Waals surface area contributed by atoms with Crippen LogP contribution in [0.3, 0.4) is 0 Å². The summed E-state index contributed by atoms with van der Waals surface area (Å²) >= 11 is 5.56. The van der Waals surface area contributed by atoms with Crippen LogP contribution < -0.4 is 0 Å². The number of hydrogen-bond acceptors (Lipinski definition) is 4. The summed E-state index contributed by atoms with van der Waals surface area (Å²) in [6.45, 7) is 0. The summed E-state index contributed by atoms with van der Waals surface area (Å²) < 4.78 is 1.41. The Morgan fingerprint density at radius 2 is 2.22 bits per heavy atom. The molecular formula is C5H5NS3. The van der Waals surface area contributed by atoms with E-state index < -0.39 is 0 Å². The first-order valence-corrected chi connectivity index (χ1v) is 5.51. The second-order valence-corrected chi connectivity index (χ2v) is 4.94. The third kappa shape index (κ3) is 1.11. The standard InChI is InChI=1S/C5H5NS3/c1-2-8-5-4(7-1)6-3-9-5/h3H,1-2H2. The molecule has 0 saturated heterocycles. The van der Waals surface area contributed by atoms with Crippen molar-refractivity contribution in [3.8, 4) is 0 Å². The van der Waals surface area contributed by atoms with Gasteiger partial charge in [-0.25, -0.2) is 4.98 Å². The van der Waals surface area contributed by atoms with Crippen LogP contribution in [-0.2, 0) is 0 Å². The molecule has 4 heteroatoms. The second kappa shape index (κ2) is 2.52. The van der Waals surface area contributed by atoms with Crippen LogP contribution in [0.2, 0.25) is 0 Å². The second-order valence-electron chi connectivity index (χ2n) is 1.64. The van der Waals surface area contributed by atoms with Crippen LogP contribution >= 0.6 is 34.9 Å². The van der Waals surface area contributed by atoms with E-state index in [0.29, 0.717) is 0 Å². The number of rotatable bonds is 0. The highest BCUT2D eigenvalue weighted by Crippen LogP contribution is 2.38. The molecule has 0 atom stereocenters. The van der Waals surface area contributed by atoms with Crippen LogP contribution in [0, 0.1) is 0 Å². The first-order chi connectivity index (χ1) is 4.47. The molecule has 1 aliphatic rings. The maximum atomic E-state index is 4.22. The first-order valence-electron chi connectivity index (χ1n) is 2.66. The van der Waals surface area contributed by atoms with Gasteiger partial charge in [0.15, 0.2) is 0 Å². The fourth-order valence-electron chi connectivity index (χ4n) is 0.690. The molecule has 0 aliphatic carbocycles. The molecule has 1 nitrogen and oxygen atoms in total. The van der Waals surface area contributed by atoms with Crippen molar-refractivity contribution < 1.29 is 0 Å². The quantitative estimate of drug-likeness (QED) is 0.600. The van der Waals surface area contributed by atoms with Crippen molar-refractivity contribution in [1.82, 2.24) is 4.98 Å². The Morgan fingerprint density at radius 3 is 3.11 bits per heavy atom. The van der Waals surface area contributed by atoms with E-state index in [1.807, 2.05) is 29.0 Å². The van der Waals surface area contributed by atoms with Crippen molar-refractivity contribution in [2.75, 3.05) is 11.5 Å². The summed E-state index contributed by atoms with van der Waals surface area (Å²) in [7, 11) is 0. The Balaban J connectivity index is 2.39. The minimum atomic E-state index is 1.22. The number of thiazole rings is 1. The van der Waals surface area contributed by atoms with Gasteiger partial charge in [-0.2, -0.15) is 0 Å². The van der Waals surface area contributed by atoms with Crippen molar-refractivity contribution in [2.24, 2.45) is 0 Å². The summed E-state index contributed by atoms with van der Waals surface area (Å²) in [6.07, 6.45) is 0. The number of aromatic nitrogens is 1. The maximum Gasteiger partial charge on any atom is 0.121 e. The van der Waals surface area contributed by atoms with Gasteiger partial charge in [-0.15, -0.1) is 34.9 Å². The molecule has 9 heavy (non-hydrogen) atoms. The summed E-state index contributed by atoms with van der Waals surface area (Å²) in [6, 6.07) is 0. The summed E-state index contributed by atoms with van der Waals surface area (Å²) in [5.74, 6) is 2.47. The van der Waals surface area contributed by atoms with E-state index in [1.54, 1.807) is 11.3 Å². The third-order valence-electron chi connectivity index (χ3n) is 1.06. The molecule has 0 N–H and O–H groups in total. The summed E-state index contributed by atoms with van der Waals surface area (Å²) in [4.78, 5) is 4.22. The Hall–Kier alpha value is 0.330. The molecule has 2 rings (SSSR count). The van der Waals surface area contributed by atoms with Gasteiger partial charge in [-0.05, 0) is 0 Å². The van der Waals surface area contributed by atoms with Crippen LogP contribution in [-0.4, -0.2) is 16.5 Å². The van der Waals surface area contributed by atoms with Crippen molar-refractivity contribution >= 4 is 34.9 Å². The van der Waals surface area contributed by atoms with Crippen LogP contribution in [0.15, 0.2) is 14.7 Å². The minimum absolute atomic E-state index is 1.22. The van der Waals surface area contributed by atoms with Crippen LogP contribution in [0.1, 0.15) is 0 Å². The number of thioether (sulfide) groups is 2. The van der Waals surface area contributed by atoms with E-state index in [2.05, 4.69) is 4.98 Å². The van der Waals surface area contributed by atoms with Crippen molar-refractivity contribution in [2.45, 2.75) is 9.24 Å². The molecule has 0 bridgehead atoms. The lowest BCUT2D eigenvalue weighted by atomic mass is 10.9. The average molecular weight is 175 g/mol. The highest BCUT2D eigenvalue weighted by atomic mass is 32.2. The van der Waals surface area contributed by atoms with Gasteiger partial charge in [0, 0.05) is 11.5 Å². The Morgan fingerprint density at radius 1 is 1.33 bits per heavy atom. The molecule has 0 unspecified atom stereocenters. The van der Waals surface area contributed by atoms with E-state index in [1.165, 1.54) is 20.7 Å². The largest absolute Gasteiger partial charge is 0.237 e. The number of hydrogen-bond donors (Lipinski definition) is 0. The summed E-state index contributed by atoms with van der Waals surface area (Å²) in [5.41, 5.74) is 1.93. The topological polar surface area (TPSA) is 12.9 Å². The zero-order chi connectivity index (χ0) is 6.10. The molecule has 1 aromatic heterocycles. The Bertz CT molecular complexity index is 187. The molecule has 0 amide bonds. The van der Waals surface area contributed by atoms with Gasteiger partial charge in [-0.1, -0.05) is 0 Å². The predicted molar refractivity (Wildman–Crippen MR) is 43.6 cm³/mol. The molecule has 0 fully saturated rings. The van der Waals surface area contributed by atoms with E-state index in [9.17, 15) is 0 Å². The third-order valence-corrected chi connectivity index (χ3v) is 4.69. The molecule has 1 aliphatic heterocycles. The molecule has 48 valence electrons. The molecule has 0 saturated carbocycles.